The van der Waals surface area contributed by atoms with Crippen molar-refractivity contribution in [2.45, 2.75) is 25.2 Å². The van der Waals surface area contributed by atoms with Gasteiger partial charge in [-0.2, -0.15) is 5.26 Å². The summed E-state index contributed by atoms with van der Waals surface area (Å²) in [5.74, 6) is 0.643. The minimum absolute atomic E-state index is 0.222. The van der Waals surface area contributed by atoms with Crippen molar-refractivity contribution in [1.29, 1.82) is 5.26 Å². The third-order valence-corrected chi connectivity index (χ3v) is 8.00. The van der Waals surface area contributed by atoms with Crippen molar-refractivity contribution in [2.75, 3.05) is 11.2 Å². The van der Waals surface area contributed by atoms with Gasteiger partial charge in [0.25, 0.3) is 0 Å². The quantitative estimate of drug-likeness (QED) is 0.281. The van der Waals surface area contributed by atoms with Gasteiger partial charge in [0, 0.05) is 12.1 Å². The maximum absolute atomic E-state index is 12.8. The van der Waals surface area contributed by atoms with Crippen LogP contribution in [-0.2, 0) is 16.3 Å². The molecular formula is C30H26N4O2S. The molecule has 0 bridgehead atoms. The smallest absolute Gasteiger partial charge is 0.196 e. The van der Waals surface area contributed by atoms with E-state index < -0.39 is 9.84 Å². The molecular weight excluding hydrogens is 480 g/mol. The molecule has 0 aliphatic heterocycles. The number of hydrogen-bond acceptors (Lipinski definition) is 5. The van der Waals surface area contributed by atoms with Crippen molar-refractivity contribution in [3.63, 3.8) is 0 Å². The molecule has 4 aromatic carbocycles. The van der Waals surface area contributed by atoms with Crippen molar-refractivity contribution in [3.05, 3.63) is 108 Å². The van der Waals surface area contributed by atoms with Gasteiger partial charge in [0.2, 0.25) is 0 Å². The Morgan fingerprint density at radius 2 is 1.65 bits per heavy atom. The highest BCUT2D eigenvalue weighted by Gasteiger charge is 2.19. The largest absolute Gasteiger partial charge is 0.371 e. The van der Waals surface area contributed by atoms with E-state index in [-0.39, 0.29) is 10.8 Å². The lowest BCUT2D eigenvalue weighted by atomic mass is 9.95. The zero-order valence-corrected chi connectivity index (χ0v) is 21.5. The summed E-state index contributed by atoms with van der Waals surface area (Å²) in [5.41, 5.74) is 6.57. The Hall–Kier alpha value is -4.41. The number of aryl methyl sites for hydroxylation is 1. The van der Waals surface area contributed by atoms with Gasteiger partial charge in [0.15, 0.2) is 9.84 Å². The number of nitriles is 1. The number of rotatable bonds is 7. The predicted octanol–water partition coefficient (Wildman–Crippen LogP) is 6.28. The summed E-state index contributed by atoms with van der Waals surface area (Å²) >= 11 is 0. The summed E-state index contributed by atoms with van der Waals surface area (Å²) < 4.78 is 27.6. The first-order valence-electron chi connectivity index (χ1n) is 12.1. The van der Waals surface area contributed by atoms with E-state index in [0.717, 1.165) is 39.2 Å². The van der Waals surface area contributed by atoms with Gasteiger partial charge in [-0.05, 0) is 60.0 Å². The van der Waals surface area contributed by atoms with E-state index in [9.17, 15) is 13.7 Å². The van der Waals surface area contributed by atoms with Crippen LogP contribution in [0.3, 0.4) is 0 Å². The Morgan fingerprint density at radius 3 is 2.32 bits per heavy atom. The molecule has 0 radical (unpaired) electrons. The highest BCUT2D eigenvalue weighted by atomic mass is 32.2. The Kier molecular flexibility index (Phi) is 6.51. The van der Waals surface area contributed by atoms with Crippen LogP contribution in [0.4, 0.5) is 5.69 Å². The van der Waals surface area contributed by atoms with Gasteiger partial charge in [0.05, 0.1) is 27.2 Å². The number of fused-ring (bicyclic) bond motifs is 1. The molecule has 0 saturated heterocycles. The first-order chi connectivity index (χ1) is 17.9. The lowest BCUT2D eigenvalue weighted by Crippen LogP contribution is -2.14. The molecule has 37 heavy (non-hydrogen) atoms. The third kappa shape index (κ3) is 4.59. The summed E-state index contributed by atoms with van der Waals surface area (Å²) in [7, 11) is -3.49. The van der Waals surface area contributed by atoms with Crippen LogP contribution in [0, 0.1) is 18.3 Å². The van der Waals surface area contributed by atoms with Gasteiger partial charge < -0.3 is 5.32 Å². The SMILES string of the molecule is CCc1nc2ccc(NCS(=O)(=O)c3ccccc3)cc2n1-c1ccc(-c2ccccc2)c(C#N)c1C. The Bertz CT molecular complexity index is 1740. The average Bonchev–Trinajstić information content (AvgIpc) is 3.30. The molecule has 0 atom stereocenters. The summed E-state index contributed by atoms with van der Waals surface area (Å²) in [6.45, 7) is 4.00. The molecule has 1 N–H and O–H groups in total. The predicted molar refractivity (Wildman–Crippen MR) is 147 cm³/mol. The number of anilines is 1. The summed E-state index contributed by atoms with van der Waals surface area (Å²) in [6, 6.07) is 30.3. The topological polar surface area (TPSA) is 87.8 Å². The van der Waals surface area contributed by atoms with Crippen molar-refractivity contribution >= 4 is 26.6 Å². The monoisotopic (exact) mass is 506 g/mol. The van der Waals surface area contributed by atoms with Crippen LogP contribution in [0.1, 0.15) is 23.9 Å². The van der Waals surface area contributed by atoms with E-state index in [2.05, 4.69) is 16.0 Å². The van der Waals surface area contributed by atoms with Crippen molar-refractivity contribution < 1.29 is 8.42 Å². The fraction of sp³-hybridized carbons (Fsp3) is 0.133. The molecule has 5 rings (SSSR count). The van der Waals surface area contributed by atoms with Gasteiger partial charge in [-0.3, -0.25) is 4.57 Å². The Balaban J connectivity index is 1.57. The Morgan fingerprint density at radius 1 is 0.946 bits per heavy atom. The number of sulfone groups is 1. The van der Waals surface area contributed by atoms with Crippen LogP contribution in [0.5, 0.6) is 0 Å². The summed E-state index contributed by atoms with van der Waals surface area (Å²) in [4.78, 5) is 5.09. The second kappa shape index (κ2) is 9.92. The second-order valence-electron chi connectivity index (χ2n) is 8.78. The van der Waals surface area contributed by atoms with Gasteiger partial charge in [-0.25, -0.2) is 13.4 Å². The average molecular weight is 507 g/mol. The molecule has 1 heterocycles. The summed E-state index contributed by atoms with van der Waals surface area (Å²) in [6.07, 6.45) is 0.696. The van der Waals surface area contributed by atoms with Crippen LogP contribution in [-0.4, -0.2) is 23.8 Å². The zero-order valence-electron chi connectivity index (χ0n) is 20.6. The molecule has 0 aliphatic rings. The van der Waals surface area contributed by atoms with Crippen LogP contribution >= 0.6 is 0 Å². The highest BCUT2D eigenvalue weighted by molar-refractivity contribution is 7.91. The molecule has 184 valence electrons. The molecule has 0 spiro atoms. The molecule has 1 aromatic heterocycles. The number of aromatic nitrogens is 2. The van der Waals surface area contributed by atoms with Crippen LogP contribution in [0.25, 0.3) is 27.8 Å². The molecule has 0 unspecified atom stereocenters. The number of imidazole rings is 1. The van der Waals surface area contributed by atoms with Gasteiger partial charge in [-0.1, -0.05) is 61.5 Å². The molecule has 5 aromatic rings. The second-order valence-corrected chi connectivity index (χ2v) is 10.8. The first kappa shape index (κ1) is 24.3. The standard InChI is InChI=1S/C30H26N4O2S/c1-3-30-33-27-16-14-23(32-20-37(35,36)24-12-8-5-9-13-24)18-29(27)34(30)28-17-15-25(26(19-31)21(28)2)22-10-6-4-7-11-22/h4-18,32H,3,20H2,1-2H3. The third-order valence-electron chi connectivity index (χ3n) is 6.48. The molecule has 0 amide bonds. The molecule has 0 saturated carbocycles. The number of benzene rings is 4. The lowest BCUT2D eigenvalue weighted by Gasteiger charge is -2.16. The minimum Gasteiger partial charge on any atom is -0.371 e. The Labute approximate surface area is 216 Å². The van der Waals surface area contributed by atoms with Crippen LogP contribution in [0.2, 0.25) is 0 Å². The van der Waals surface area contributed by atoms with E-state index in [1.807, 2.05) is 74.5 Å². The van der Waals surface area contributed by atoms with Crippen LogP contribution in [0.15, 0.2) is 95.9 Å². The van der Waals surface area contributed by atoms with Gasteiger partial charge in [0.1, 0.15) is 17.8 Å². The molecule has 0 fully saturated rings. The normalized spacial score (nSPS) is 11.4. The molecule has 7 heteroatoms. The fourth-order valence-corrected chi connectivity index (χ4v) is 5.67. The maximum Gasteiger partial charge on any atom is 0.196 e. The fourth-order valence-electron chi connectivity index (χ4n) is 4.58. The first-order valence-corrected chi connectivity index (χ1v) is 13.7. The van der Waals surface area contributed by atoms with Gasteiger partial charge in [-0.15, -0.1) is 0 Å². The minimum atomic E-state index is -3.49. The van der Waals surface area contributed by atoms with E-state index in [0.29, 0.717) is 17.7 Å². The van der Waals surface area contributed by atoms with Crippen LogP contribution < -0.4 is 5.32 Å². The lowest BCUT2D eigenvalue weighted by molar-refractivity contribution is 0.598. The van der Waals surface area contributed by atoms with Gasteiger partial charge >= 0.3 is 0 Å². The number of nitrogens with zero attached hydrogens (tertiary/aromatic N) is 3. The van der Waals surface area contributed by atoms with Crippen molar-refractivity contribution in [3.8, 4) is 22.9 Å². The van der Waals surface area contributed by atoms with E-state index in [1.165, 1.54) is 0 Å². The summed E-state index contributed by atoms with van der Waals surface area (Å²) in [5, 5.41) is 13.1. The maximum atomic E-state index is 12.8. The highest BCUT2D eigenvalue weighted by Crippen LogP contribution is 2.32. The molecule has 6 nitrogen and oxygen atoms in total. The van der Waals surface area contributed by atoms with E-state index >= 15 is 0 Å². The van der Waals surface area contributed by atoms with E-state index in [1.54, 1.807) is 30.3 Å². The number of nitrogens with one attached hydrogen (secondary N) is 1. The van der Waals surface area contributed by atoms with Crippen molar-refractivity contribution in [1.82, 2.24) is 9.55 Å². The molecule has 0 aliphatic carbocycles. The van der Waals surface area contributed by atoms with Crippen molar-refractivity contribution in [2.24, 2.45) is 0 Å². The van der Waals surface area contributed by atoms with E-state index in [4.69, 9.17) is 4.98 Å². The zero-order chi connectivity index (χ0) is 26.0. The number of hydrogen-bond donors (Lipinski definition) is 1.